The summed E-state index contributed by atoms with van der Waals surface area (Å²) in [6, 6.07) is 0. The summed E-state index contributed by atoms with van der Waals surface area (Å²) in [6.07, 6.45) is -9.71. The van der Waals surface area contributed by atoms with Crippen molar-refractivity contribution in [2.24, 2.45) is 5.92 Å². The second-order valence-electron chi connectivity index (χ2n) is 7.63. The molecule has 0 bridgehead atoms. The van der Waals surface area contributed by atoms with Gasteiger partial charge in [-0.25, -0.2) is 0 Å². The van der Waals surface area contributed by atoms with Crippen LogP contribution in [0, 0.1) is 5.92 Å². The zero-order chi connectivity index (χ0) is 23.5. The van der Waals surface area contributed by atoms with Crippen LogP contribution in [-0.2, 0) is 25.4 Å². The summed E-state index contributed by atoms with van der Waals surface area (Å²) < 4.78 is 90.6. The van der Waals surface area contributed by atoms with E-state index in [1.165, 1.54) is 0 Å². The van der Waals surface area contributed by atoms with Crippen molar-refractivity contribution in [2.75, 3.05) is 13.2 Å². The minimum atomic E-state index is -4.69. The normalized spacial score (nSPS) is 25.3. The molecule has 14 heteroatoms. The standard InChI is InChI=1S/C18H21F6N3O5/c1-9(25-14(28)8-29-11-5-12(6-11)32-18(22,23)24)2-3-15-26-27-16(31-15)13-4-10(13)7-30-17(19,20)21/h10-13H,1-8H2,(H,25,28)/t10-,11-,12+,13-/m1/s1. The second-order valence-corrected chi connectivity index (χ2v) is 7.63. The summed E-state index contributed by atoms with van der Waals surface area (Å²) in [4.78, 5) is 11.8. The first-order valence-electron chi connectivity index (χ1n) is 9.74. The fourth-order valence-corrected chi connectivity index (χ4v) is 3.14. The van der Waals surface area contributed by atoms with Crippen molar-refractivity contribution in [2.45, 2.75) is 63.0 Å². The molecule has 1 heterocycles. The topological polar surface area (TPSA) is 95.7 Å². The number of allylic oxidation sites excluding steroid dienone is 1. The summed E-state index contributed by atoms with van der Waals surface area (Å²) in [5.74, 6) is -0.616. The van der Waals surface area contributed by atoms with Gasteiger partial charge in [0.15, 0.2) is 0 Å². The highest BCUT2D eigenvalue weighted by atomic mass is 19.4. The van der Waals surface area contributed by atoms with Crippen molar-refractivity contribution in [1.29, 1.82) is 0 Å². The highest BCUT2D eigenvalue weighted by Gasteiger charge is 2.45. The quantitative estimate of drug-likeness (QED) is 0.493. The molecule has 1 N–H and O–H groups in total. The van der Waals surface area contributed by atoms with Crippen molar-refractivity contribution >= 4 is 5.91 Å². The Morgan fingerprint density at radius 3 is 2.47 bits per heavy atom. The van der Waals surface area contributed by atoms with Crippen LogP contribution in [0.1, 0.15) is 43.4 Å². The molecular weight excluding hydrogens is 452 g/mol. The minimum absolute atomic E-state index is 0.0530. The van der Waals surface area contributed by atoms with Gasteiger partial charge in [0.1, 0.15) is 6.61 Å². The van der Waals surface area contributed by atoms with Crippen LogP contribution in [0.2, 0.25) is 0 Å². The lowest BCUT2D eigenvalue weighted by Crippen LogP contribution is -2.42. The molecule has 0 aromatic carbocycles. The summed E-state index contributed by atoms with van der Waals surface area (Å²) in [7, 11) is 0. The van der Waals surface area contributed by atoms with Gasteiger partial charge in [0.05, 0.1) is 18.8 Å². The molecular formula is C18H21F6N3O5. The molecule has 1 amide bonds. The summed E-state index contributed by atoms with van der Waals surface area (Å²) in [5.41, 5.74) is 0.341. The third-order valence-corrected chi connectivity index (χ3v) is 4.94. The number of amides is 1. The average molecular weight is 473 g/mol. The zero-order valence-corrected chi connectivity index (χ0v) is 16.7. The van der Waals surface area contributed by atoms with Crippen LogP contribution in [-0.4, -0.2) is 54.3 Å². The lowest BCUT2D eigenvalue weighted by atomic mass is 9.92. The fourth-order valence-electron chi connectivity index (χ4n) is 3.14. The predicted octanol–water partition coefficient (Wildman–Crippen LogP) is 3.36. The van der Waals surface area contributed by atoms with Crippen molar-refractivity contribution in [3.63, 3.8) is 0 Å². The monoisotopic (exact) mass is 473 g/mol. The Hall–Kier alpha value is -2.19. The second kappa shape index (κ2) is 9.75. The molecule has 2 aliphatic carbocycles. The first-order valence-corrected chi connectivity index (χ1v) is 9.74. The molecule has 2 aliphatic rings. The molecule has 8 nitrogen and oxygen atoms in total. The van der Waals surface area contributed by atoms with Gasteiger partial charge in [-0.1, -0.05) is 6.58 Å². The Morgan fingerprint density at radius 2 is 1.81 bits per heavy atom. The van der Waals surface area contributed by atoms with Gasteiger partial charge in [-0.2, -0.15) is 0 Å². The van der Waals surface area contributed by atoms with E-state index in [0.717, 1.165) is 0 Å². The smallest absolute Gasteiger partial charge is 0.425 e. The third kappa shape index (κ3) is 8.06. The van der Waals surface area contributed by atoms with E-state index in [1.807, 2.05) is 0 Å². The molecule has 2 fully saturated rings. The number of nitrogens with one attached hydrogen (secondary N) is 1. The molecule has 0 radical (unpaired) electrons. The first-order chi connectivity index (χ1) is 14.9. The van der Waals surface area contributed by atoms with Crippen LogP contribution in [0.3, 0.4) is 0 Å². The van der Waals surface area contributed by atoms with E-state index in [4.69, 9.17) is 9.15 Å². The average Bonchev–Trinajstić information content (AvgIpc) is 3.26. The molecule has 0 saturated heterocycles. The number of hydrogen-bond donors (Lipinski definition) is 1. The molecule has 2 atom stereocenters. The maximum atomic E-state index is 12.1. The van der Waals surface area contributed by atoms with Gasteiger partial charge in [0.2, 0.25) is 17.7 Å². The number of ether oxygens (including phenoxy) is 3. The Morgan fingerprint density at radius 1 is 1.09 bits per heavy atom. The number of carbonyl (C=O) groups excluding carboxylic acids is 1. The Labute approximate surface area is 178 Å². The first kappa shape index (κ1) is 24.5. The van der Waals surface area contributed by atoms with E-state index in [2.05, 4.69) is 31.6 Å². The van der Waals surface area contributed by atoms with Crippen LogP contribution in [0.4, 0.5) is 26.3 Å². The van der Waals surface area contributed by atoms with Gasteiger partial charge in [-0.15, -0.1) is 36.5 Å². The van der Waals surface area contributed by atoms with Gasteiger partial charge >= 0.3 is 12.7 Å². The fraction of sp³-hybridized carbons (Fsp3) is 0.722. The van der Waals surface area contributed by atoms with E-state index in [9.17, 15) is 31.1 Å². The van der Waals surface area contributed by atoms with Gasteiger partial charge in [0, 0.05) is 30.9 Å². The van der Waals surface area contributed by atoms with Gasteiger partial charge < -0.3 is 14.5 Å². The summed E-state index contributed by atoms with van der Waals surface area (Å²) in [5, 5.41) is 10.2. The Bertz CT molecular complexity index is 806. The van der Waals surface area contributed by atoms with E-state index >= 15 is 0 Å². The predicted molar refractivity (Wildman–Crippen MR) is 92.7 cm³/mol. The van der Waals surface area contributed by atoms with E-state index < -0.39 is 37.4 Å². The SMILES string of the molecule is C=C(CCc1nnc([C@@H]2C[C@@H]2COC(F)(F)F)o1)NC(=O)CO[C@H]1C[C@@H](OC(F)(F)F)C1. The zero-order valence-electron chi connectivity index (χ0n) is 16.7. The molecule has 180 valence electrons. The highest BCUT2D eigenvalue weighted by molar-refractivity contribution is 5.78. The van der Waals surface area contributed by atoms with Gasteiger partial charge in [0.25, 0.3) is 0 Å². The van der Waals surface area contributed by atoms with Gasteiger partial charge in [-0.05, 0) is 18.8 Å². The maximum Gasteiger partial charge on any atom is 0.522 e. The highest BCUT2D eigenvalue weighted by Crippen LogP contribution is 2.47. The molecule has 1 aromatic heterocycles. The third-order valence-electron chi connectivity index (χ3n) is 4.94. The van der Waals surface area contributed by atoms with Crippen LogP contribution in [0.15, 0.2) is 16.7 Å². The molecule has 3 rings (SSSR count). The molecule has 32 heavy (non-hydrogen) atoms. The van der Waals surface area contributed by atoms with Crippen LogP contribution in [0.25, 0.3) is 0 Å². The maximum absolute atomic E-state index is 12.1. The van der Waals surface area contributed by atoms with E-state index in [0.29, 0.717) is 12.1 Å². The van der Waals surface area contributed by atoms with E-state index in [1.54, 1.807) is 0 Å². The summed E-state index contributed by atoms with van der Waals surface area (Å²) in [6.45, 7) is 2.89. The van der Waals surface area contributed by atoms with Crippen LogP contribution in [0.5, 0.6) is 0 Å². The number of carbonyl (C=O) groups is 1. The number of halogens is 6. The molecule has 1 aromatic rings. The van der Waals surface area contributed by atoms with Gasteiger partial charge in [-0.3, -0.25) is 14.3 Å². The molecule has 2 saturated carbocycles. The van der Waals surface area contributed by atoms with E-state index in [-0.39, 0.29) is 55.9 Å². The molecule has 0 spiro atoms. The lowest BCUT2D eigenvalue weighted by Gasteiger charge is -2.34. The Kier molecular flexibility index (Phi) is 7.45. The Balaban J connectivity index is 1.28. The van der Waals surface area contributed by atoms with Crippen molar-refractivity contribution in [3.8, 4) is 0 Å². The van der Waals surface area contributed by atoms with Crippen molar-refractivity contribution in [3.05, 3.63) is 24.1 Å². The number of hydrogen-bond acceptors (Lipinski definition) is 7. The van der Waals surface area contributed by atoms with Crippen molar-refractivity contribution in [1.82, 2.24) is 15.5 Å². The number of rotatable bonds is 11. The minimum Gasteiger partial charge on any atom is -0.425 e. The molecule has 0 unspecified atom stereocenters. The number of aryl methyl sites for hydroxylation is 1. The molecule has 0 aliphatic heterocycles. The number of nitrogens with zero attached hydrogens (tertiary/aromatic N) is 2. The van der Waals surface area contributed by atoms with Crippen molar-refractivity contribution < 1.29 is 49.8 Å². The van der Waals surface area contributed by atoms with Crippen LogP contribution < -0.4 is 5.32 Å². The number of aromatic nitrogens is 2. The van der Waals surface area contributed by atoms with Crippen LogP contribution >= 0.6 is 0 Å². The number of alkyl halides is 6. The largest absolute Gasteiger partial charge is 0.522 e. The lowest BCUT2D eigenvalue weighted by molar-refractivity contribution is -0.357. The summed E-state index contributed by atoms with van der Waals surface area (Å²) >= 11 is 0.